The summed E-state index contributed by atoms with van der Waals surface area (Å²) >= 11 is 0. The van der Waals surface area contributed by atoms with Gasteiger partial charge in [-0.3, -0.25) is 0 Å². The molecule has 0 aromatic rings. The lowest BCUT2D eigenvalue weighted by atomic mass is 9.54. The van der Waals surface area contributed by atoms with E-state index in [1.54, 1.807) is 0 Å². The van der Waals surface area contributed by atoms with Crippen LogP contribution in [0, 0.1) is 28.1 Å². The quantitative estimate of drug-likeness (QED) is 0.801. The van der Waals surface area contributed by atoms with Crippen LogP contribution in [0.3, 0.4) is 0 Å². The topological polar surface area (TPSA) is 44.0 Å². The summed E-state index contributed by atoms with van der Waals surface area (Å²) in [4.78, 5) is 0. The van der Waals surface area contributed by atoms with Crippen molar-refractivity contribution in [3.05, 3.63) is 0 Å². The van der Waals surface area contributed by atoms with Crippen LogP contribution in [0.5, 0.6) is 0 Å². The van der Waals surface area contributed by atoms with E-state index < -0.39 is 11.0 Å². The summed E-state index contributed by atoms with van der Waals surface area (Å²) < 4.78 is 0. The fourth-order valence-corrected chi connectivity index (χ4v) is 4.60. The van der Waals surface area contributed by atoms with Crippen molar-refractivity contribution in [3.63, 3.8) is 0 Å². The first-order valence-electron chi connectivity index (χ1n) is 8.00. The zero-order chi connectivity index (χ0) is 14.1. The van der Waals surface area contributed by atoms with Gasteiger partial charge in [-0.2, -0.15) is 5.26 Å². The van der Waals surface area contributed by atoms with Gasteiger partial charge in [0.15, 0.2) is 0 Å². The molecule has 0 amide bonds. The smallest absolute Gasteiger partial charge is 0.0863 e. The molecule has 2 heteroatoms. The standard InChI is InChI=1S/C17H29NO/c1-4-14-7-5-9-16(11-14,13-18)17(19)10-6-8-15(2,3)12-17/h14,19H,4-12H2,1-3H3. The van der Waals surface area contributed by atoms with Gasteiger partial charge >= 0.3 is 0 Å². The molecule has 0 aliphatic heterocycles. The van der Waals surface area contributed by atoms with Gasteiger partial charge in [-0.15, -0.1) is 0 Å². The zero-order valence-corrected chi connectivity index (χ0v) is 12.8. The third-order valence-corrected chi connectivity index (χ3v) is 5.75. The summed E-state index contributed by atoms with van der Waals surface area (Å²) in [7, 11) is 0. The molecule has 108 valence electrons. The van der Waals surface area contributed by atoms with Crippen molar-refractivity contribution in [2.24, 2.45) is 16.7 Å². The summed E-state index contributed by atoms with van der Waals surface area (Å²) in [5.41, 5.74) is -1.06. The molecular formula is C17H29NO. The predicted molar refractivity (Wildman–Crippen MR) is 77.5 cm³/mol. The molecule has 2 aliphatic rings. The van der Waals surface area contributed by atoms with Crippen molar-refractivity contribution in [1.82, 2.24) is 0 Å². The number of hydrogen-bond acceptors (Lipinski definition) is 2. The Morgan fingerprint density at radius 3 is 2.53 bits per heavy atom. The molecule has 2 saturated carbocycles. The molecular weight excluding hydrogens is 234 g/mol. The van der Waals surface area contributed by atoms with Gasteiger partial charge in [0.1, 0.15) is 0 Å². The SMILES string of the molecule is CCC1CCCC(C#N)(C2(O)CCCC(C)(C)C2)C1. The molecule has 0 spiro atoms. The van der Waals surface area contributed by atoms with Crippen LogP contribution < -0.4 is 0 Å². The Morgan fingerprint density at radius 2 is 1.95 bits per heavy atom. The Balaban J connectivity index is 2.27. The minimum Gasteiger partial charge on any atom is -0.388 e. The molecule has 0 radical (unpaired) electrons. The van der Waals surface area contributed by atoms with Crippen LogP contribution in [0.4, 0.5) is 0 Å². The molecule has 0 aromatic carbocycles. The maximum absolute atomic E-state index is 11.3. The first kappa shape index (κ1) is 14.9. The van der Waals surface area contributed by atoms with Crippen LogP contribution in [0.2, 0.25) is 0 Å². The van der Waals surface area contributed by atoms with E-state index in [1.165, 1.54) is 12.8 Å². The van der Waals surface area contributed by atoms with Crippen LogP contribution in [0.15, 0.2) is 0 Å². The van der Waals surface area contributed by atoms with E-state index in [0.29, 0.717) is 5.92 Å². The summed E-state index contributed by atoms with van der Waals surface area (Å²) in [6.45, 7) is 6.69. The number of nitriles is 1. The summed E-state index contributed by atoms with van der Waals surface area (Å²) in [5, 5.41) is 21.1. The van der Waals surface area contributed by atoms with Crippen LogP contribution in [-0.4, -0.2) is 10.7 Å². The van der Waals surface area contributed by atoms with Crippen LogP contribution in [0.1, 0.15) is 78.6 Å². The van der Waals surface area contributed by atoms with Gasteiger partial charge in [-0.25, -0.2) is 0 Å². The van der Waals surface area contributed by atoms with E-state index in [-0.39, 0.29) is 5.41 Å². The second-order valence-corrected chi connectivity index (χ2v) is 7.79. The van der Waals surface area contributed by atoms with Gasteiger partial charge in [0.2, 0.25) is 0 Å². The lowest BCUT2D eigenvalue weighted by Crippen LogP contribution is -2.54. The highest BCUT2D eigenvalue weighted by atomic mass is 16.3. The zero-order valence-electron chi connectivity index (χ0n) is 12.8. The number of aliphatic hydroxyl groups is 1. The second kappa shape index (κ2) is 5.09. The monoisotopic (exact) mass is 263 g/mol. The van der Waals surface area contributed by atoms with E-state index >= 15 is 0 Å². The Bertz CT molecular complexity index is 370. The Hall–Kier alpha value is -0.550. The van der Waals surface area contributed by atoms with Gasteiger partial charge < -0.3 is 5.11 Å². The number of nitrogens with zero attached hydrogens (tertiary/aromatic N) is 1. The van der Waals surface area contributed by atoms with Crippen LogP contribution in [-0.2, 0) is 0 Å². The Kier molecular flexibility index (Phi) is 3.98. The predicted octanol–water partition coefficient (Wildman–Crippen LogP) is 4.43. The van der Waals surface area contributed by atoms with E-state index in [9.17, 15) is 10.4 Å². The fourth-order valence-electron chi connectivity index (χ4n) is 4.60. The molecule has 0 heterocycles. The van der Waals surface area contributed by atoms with Crippen molar-refractivity contribution in [2.45, 2.75) is 84.2 Å². The third-order valence-electron chi connectivity index (χ3n) is 5.75. The minimum absolute atomic E-state index is 0.177. The second-order valence-electron chi connectivity index (χ2n) is 7.79. The molecule has 0 aromatic heterocycles. The van der Waals surface area contributed by atoms with Crippen LogP contribution >= 0.6 is 0 Å². The fraction of sp³-hybridized carbons (Fsp3) is 0.941. The molecule has 0 bridgehead atoms. The van der Waals surface area contributed by atoms with Crippen molar-refractivity contribution in [1.29, 1.82) is 5.26 Å². The van der Waals surface area contributed by atoms with E-state index in [2.05, 4.69) is 26.8 Å². The lowest BCUT2D eigenvalue weighted by molar-refractivity contribution is -0.130. The highest BCUT2D eigenvalue weighted by Gasteiger charge is 2.55. The molecule has 19 heavy (non-hydrogen) atoms. The molecule has 1 N–H and O–H groups in total. The number of hydrogen-bond donors (Lipinski definition) is 1. The third kappa shape index (κ3) is 2.68. The summed E-state index contributed by atoms with van der Waals surface area (Å²) in [5.74, 6) is 0.627. The van der Waals surface area contributed by atoms with Gasteiger partial charge in [-0.1, -0.05) is 46.5 Å². The van der Waals surface area contributed by atoms with E-state index in [0.717, 1.165) is 44.9 Å². The highest BCUT2D eigenvalue weighted by Crippen LogP contribution is 2.55. The minimum atomic E-state index is -0.753. The van der Waals surface area contributed by atoms with Gasteiger partial charge in [-0.05, 0) is 43.4 Å². The average Bonchev–Trinajstić information content (AvgIpc) is 2.37. The first-order chi connectivity index (χ1) is 8.86. The molecule has 2 fully saturated rings. The highest BCUT2D eigenvalue weighted by molar-refractivity contribution is 5.15. The average molecular weight is 263 g/mol. The van der Waals surface area contributed by atoms with E-state index in [1.807, 2.05) is 0 Å². The van der Waals surface area contributed by atoms with Crippen molar-refractivity contribution < 1.29 is 5.11 Å². The van der Waals surface area contributed by atoms with E-state index in [4.69, 9.17) is 0 Å². The summed E-state index contributed by atoms with van der Waals surface area (Å²) in [6, 6.07) is 2.58. The number of rotatable bonds is 2. The maximum atomic E-state index is 11.3. The van der Waals surface area contributed by atoms with Crippen molar-refractivity contribution in [2.75, 3.05) is 0 Å². The Morgan fingerprint density at radius 1 is 1.21 bits per heavy atom. The van der Waals surface area contributed by atoms with Crippen LogP contribution in [0.25, 0.3) is 0 Å². The first-order valence-corrected chi connectivity index (χ1v) is 8.00. The van der Waals surface area contributed by atoms with Crippen molar-refractivity contribution >= 4 is 0 Å². The normalized spacial score (nSPS) is 42.6. The molecule has 2 nitrogen and oxygen atoms in total. The molecule has 3 atom stereocenters. The molecule has 3 unspecified atom stereocenters. The van der Waals surface area contributed by atoms with Gasteiger partial charge in [0, 0.05) is 0 Å². The van der Waals surface area contributed by atoms with Gasteiger partial charge in [0.05, 0.1) is 17.1 Å². The van der Waals surface area contributed by atoms with Crippen molar-refractivity contribution in [3.8, 4) is 6.07 Å². The lowest BCUT2D eigenvalue weighted by Gasteiger charge is -2.52. The molecule has 0 saturated heterocycles. The molecule has 2 aliphatic carbocycles. The maximum Gasteiger partial charge on any atom is 0.0863 e. The Labute approximate surface area is 118 Å². The summed E-state index contributed by atoms with van der Waals surface area (Å²) in [6.07, 6.45) is 9.14. The van der Waals surface area contributed by atoms with Gasteiger partial charge in [0.25, 0.3) is 0 Å². The largest absolute Gasteiger partial charge is 0.388 e. The molecule has 2 rings (SSSR count).